The van der Waals surface area contributed by atoms with Crippen molar-refractivity contribution < 1.29 is 14.3 Å². The predicted molar refractivity (Wildman–Crippen MR) is 153 cm³/mol. The van der Waals surface area contributed by atoms with Crippen molar-refractivity contribution in [2.45, 2.75) is 44.9 Å². The zero-order valence-electron chi connectivity index (χ0n) is 22.2. The summed E-state index contributed by atoms with van der Waals surface area (Å²) in [6.45, 7) is 1.76. The van der Waals surface area contributed by atoms with Gasteiger partial charge in [-0.25, -0.2) is 4.98 Å². The summed E-state index contributed by atoms with van der Waals surface area (Å²) in [4.78, 5) is 31.0. The molecule has 1 heterocycles. The maximum absolute atomic E-state index is 13.5. The van der Waals surface area contributed by atoms with Crippen LogP contribution < -0.4 is 20.3 Å². The molecule has 5 rings (SSSR count). The summed E-state index contributed by atoms with van der Waals surface area (Å²) in [7, 11) is 1.54. The summed E-state index contributed by atoms with van der Waals surface area (Å²) < 4.78 is 12.8. The molecule has 0 aliphatic heterocycles. The highest BCUT2D eigenvalue weighted by Gasteiger charge is 2.22. The van der Waals surface area contributed by atoms with Crippen LogP contribution in [0, 0.1) is 6.92 Å². The van der Waals surface area contributed by atoms with E-state index in [0.29, 0.717) is 39.5 Å². The van der Waals surface area contributed by atoms with Crippen molar-refractivity contribution in [2.24, 2.45) is 5.10 Å². The average Bonchev–Trinajstić information content (AvgIpc) is 2.97. The van der Waals surface area contributed by atoms with Crippen LogP contribution in [-0.2, 0) is 4.79 Å². The highest BCUT2D eigenvalue weighted by atomic mass is 16.5. The van der Waals surface area contributed by atoms with Gasteiger partial charge in [0.1, 0.15) is 5.82 Å². The van der Waals surface area contributed by atoms with E-state index < -0.39 is 0 Å². The van der Waals surface area contributed by atoms with Crippen LogP contribution in [0.3, 0.4) is 0 Å². The quantitative estimate of drug-likeness (QED) is 0.300. The molecule has 1 aromatic heterocycles. The SMILES string of the molecule is COc1cccc(C=Nn2c(C3CCCCC3)nc3ccccc3c2=O)c1OCC(=O)Nc1ccc(C)cc1. The summed E-state index contributed by atoms with van der Waals surface area (Å²) in [6.07, 6.45) is 6.93. The second-order valence-electron chi connectivity index (χ2n) is 9.77. The van der Waals surface area contributed by atoms with Crippen LogP contribution in [0.25, 0.3) is 10.9 Å². The van der Waals surface area contributed by atoms with Crippen molar-refractivity contribution in [1.29, 1.82) is 0 Å². The van der Waals surface area contributed by atoms with Gasteiger partial charge in [0.05, 0.1) is 24.2 Å². The van der Waals surface area contributed by atoms with Gasteiger partial charge in [0.2, 0.25) is 0 Å². The molecule has 3 aromatic carbocycles. The first-order valence-electron chi connectivity index (χ1n) is 13.3. The molecule has 39 heavy (non-hydrogen) atoms. The molecule has 0 spiro atoms. The maximum Gasteiger partial charge on any atom is 0.282 e. The van der Waals surface area contributed by atoms with Crippen molar-refractivity contribution in [2.75, 3.05) is 19.0 Å². The molecular formula is C31H32N4O4. The number of para-hydroxylation sites is 2. The molecule has 1 fully saturated rings. The van der Waals surface area contributed by atoms with E-state index in [-0.39, 0.29) is 24.0 Å². The van der Waals surface area contributed by atoms with E-state index in [2.05, 4.69) is 10.4 Å². The summed E-state index contributed by atoms with van der Waals surface area (Å²) in [5, 5.41) is 7.97. The Hall–Kier alpha value is -4.46. The second-order valence-corrected chi connectivity index (χ2v) is 9.77. The number of anilines is 1. The lowest BCUT2D eigenvalue weighted by atomic mass is 9.88. The van der Waals surface area contributed by atoms with Crippen LogP contribution in [0.4, 0.5) is 5.69 Å². The van der Waals surface area contributed by atoms with E-state index in [1.54, 1.807) is 24.4 Å². The van der Waals surface area contributed by atoms with Crippen molar-refractivity contribution in [1.82, 2.24) is 9.66 Å². The van der Waals surface area contributed by atoms with Gasteiger partial charge < -0.3 is 14.8 Å². The Morgan fingerprint density at radius 1 is 1.05 bits per heavy atom. The molecule has 200 valence electrons. The number of fused-ring (bicyclic) bond motifs is 1. The zero-order chi connectivity index (χ0) is 27.2. The Morgan fingerprint density at radius 3 is 2.59 bits per heavy atom. The van der Waals surface area contributed by atoms with Gasteiger partial charge >= 0.3 is 0 Å². The lowest BCUT2D eigenvalue weighted by molar-refractivity contribution is -0.118. The Kier molecular flexibility index (Phi) is 8.01. The van der Waals surface area contributed by atoms with E-state index in [1.807, 2.05) is 55.5 Å². The molecule has 1 N–H and O–H groups in total. The fourth-order valence-electron chi connectivity index (χ4n) is 4.92. The number of nitrogens with one attached hydrogen (secondary N) is 1. The number of hydrogen-bond acceptors (Lipinski definition) is 6. The molecule has 0 atom stereocenters. The standard InChI is InChI=1S/C31H32N4O4/c1-21-15-17-24(18-16-21)33-28(36)20-39-29-23(11-8-14-27(29)38-2)19-32-35-30(22-9-4-3-5-10-22)34-26-13-7-6-12-25(26)31(35)37/h6-8,11-19,22H,3-5,9-10,20H2,1-2H3,(H,33,36). The molecule has 4 aromatic rings. The minimum Gasteiger partial charge on any atom is -0.493 e. The number of benzene rings is 3. The predicted octanol–water partition coefficient (Wildman–Crippen LogP) is 5.66. The van der Waals surface area contributed by atoms with Crippen LogP contribution in [-0.4, -0.2) is 35.5 Å². The van der Waals surface area contributed by atoms with Gasteiger partial charge in [0, 0.05) is 17.2 Å². The van der Waals surface area contributed by atoms with Crippen LogP contribution >= 0.6 is 0 Å². The van der Waals surface area contributed by atoms with E-state index >= 15 is 0 Å². The van der Waals surface area contributed by atoms with Gasteiger partial charge in [-0.2, -0.15) is 9.78 Å². The summed E-state index contributed by atoms with van der Waals surface area (Å²) >= 11 is 0. The summed E-state index contributed by atoms with van der Waals surface area (Å²) in [5.41, 5.74) is 2.84. The molecule has 1 aliphatic rings. The fraction of sp³-hybridized carbons (Fsp3) is 0.290. The molecule has 1 aliphatic carbocycles. The Labute approximate surface area is 227 Å². The molecule has 8 nitrogen and oxygen atoms in total. The average molecular weight is 525 g/mol. The Bertz CT molecular complexity index is 1550. The molecule has 1 amide bonds. The topological polar surface area (TPSA) is 94.8 Å². The first kappa shape index (κ1) is 26.2. The van der Waals surface area contributed by atoms with Crippen LogP contribution in [0.15, 0.2) is 76.6 Å². The van der Waals surface area contributed by atoms with Crippen LogP contribution in [0.5, 0.6) is 11.5 Å². The third kappa shape index (κ3) is 6.00. The molecule has 1 saturated carbocycles. The second kappa shape index (κ2) is 11.9. The van der Waals surface area contributed by atoms with Crippen LogP contribution in [0.2, 0.25) is 0 Å². The van der Waals surface area contributed by atoms with E-state index in [4.69, 9.17) is 14.5 Å². The van der Waals surface area contributed by atoms with Gasteiger partial charge in [0.15, 0.2) is 18.1 Å². The monoisotopic (exact) mass is 524 g/mol. The highest BCUT2D eigenvalue weighted by molar-refractivity contribution is 5.92. The molecular weight excluding hydrogens is 492 g/mol. The minimum absolute atomic E-state index is 0.166. The molecule has 0 radical (unpaired) electrons. The third-order valence-electron chi connectivity index (χ3n) is 6.97. The van der Waals surface area contributed by atoms with E-state index in [1.165, 1.54) is 18.2 Å². The van der Waals surface area contributed by atoms with Gasteiger partial charge in [0.25, 0.3) is 11.5 Å². The van der Waals surface area contributed by atoms with Crippen molar-refractivity contribution in [3.8, 4) is 11.5 Å². The van der Waals surface area contributed by atoms with Crippen molar-refractivity contribution in [3.05, 3.63) is 94.0 Å². The van der Waals surface area contributed by atoms with Gasteiger partial charge in [-0.1, -0.05) is 55.2 Å². The molecule has 0 unspecified atom stereocenters. The number of carbonyl (C=O) groups excluding carboxylic acids is 1. The number of hydrogen-bond donors (Lipinski definition) is 1. The number of aromatic nitrogens is 2. The number of ether oxygens (including phenoxy) is 2. The van der Waals surface area contributed by atoms with Crippen LogP contribution in [0.1, 0.15) is 55.0 Å². The van der Waals surface area contributed by atoms with Crippen molar-refractivity contribution in [3.63, 3.8) is 0 Å². The number of carbonyl (C=O) groups is 1. The first-order valence-corrected chi connectivity index (χ1v) is 13.3. The number of rotatable bonds is 8. The smallest absolute Gasteiger partial charge is 0.282 e. The number of aryl methyl sites for hydroxylation is 1. The lowest BCUT2D eigenvalue weighted by Gasteiger charge is -2.22. The molecule has 8 heteroatoms. The minimum atomic E-state index is -0.304. The molecule has 0 bridgehead atoms. The maximum atomic E-state index is 13.5. The lowest BCUT2D eigenvalue weighted by Crippen LogP contribution is -2.25. The van der Waals surface area contributed by atoms with Gasteiger partial charge in [-0.15, -0.1) is 0 Å². The van der Waals surface area contributed by atoms with Crippen molar-refractivity contribution >= 4 is 28.7 Å². The number of methoxy groups -OCH3 is 1. The zero-order valence-corrected chi connectivity index (χ0v) is 22.2. The van der Waals surface area contributed by atoms with E-state index in [9.17, 15) is 9.59 Å². The summed E-state index contributed by atoms with van der Waals surface area (Å²) in [6, 6.07) is 20.3. The molecule has 0 saturated heterocycles. The third-order valence-corrected chi connectivity index (χ3v) is 6.97. The fourth-order valence-corrected chi connectivity index (χ4v) is 4.92. The number of nitrogens with zero attached hydrogens (tertiary/aromatic N) is 3. The normalized spacial score (nSPS) is 14.0. The largest absolute Gasteiger partial charge is 0.493 e. The number of amides is 1. The van der Waals surface area contributed by atoms with Gasteiger partial charge in [-0.3, -0.25) is 9.59 Å². The highest BCUT2D eigenvalue weighted by Crippen LogP contribution is 2.33. The van der Waals surface area contributed by atoms with E-state index in [0.717, 1.165) is 31.2 Å². The van der Waals surface area contributed by atoms with Gasteiger partial charge in [-0.05, 0) is 56.2 Å². The Balaban J connectivity index is 1.45. The Morgan fingerprint density at radius 2 is 1.82 bits per heavy atom. The summed E-state index contributed by atoms with van der Waals surface area (Å²) in [5.74, 6) is 1.36. The first-order chi connectivity index (χ1) is 19.0.